The maximum Gasteiger partial charge on any atom is 0.511 e. The lowest BCUT2D eigenvalue weighted by atomic mass is 10.2. The van der Waals surface area contributed by atoms with Crippen molar-refractivity contribution in [2.24, 2.45) is 10.5 Å². The first kappa shape index (κ1) is 16.9. The van der Waals surface area contributed by atoms with E-state index in [1.54, 1.807) is 20.8 Å². The van der Waals surface area contributed by atoms with Crippen molar-refractivity contribution in [2.75, 3.05) is 13.6 Å². The lowest BCUT2D eigenvalue weighted by Crippen LogP contribution is -2.27. The predicted molar refractivity (Wildman–Crippen MR) is 63.0 cm³/mol. The molecule has 0 aliphatic carbocycles. The molecule has 0 aromatic carbocycles. The quantitative estimate of drug-likeness (QED) is 0.340. The van der Waals surface area contributed by atoms with Gasteiger partial charge in [-0.3, -0.25) is 9.80 Å². The maximum absolute atomic E-state index is 11.2. The summed E-state index contributed by atoms with van der Waals surface area (Å²) < 4.78 is 9.60. The van der Waals surface area contributed by atoms with Crippen LogP contribution in [0.3, 0.4) is 0 Å². The van der Waals surface area contributed by atoms with Gasteiger partial charge in [0.05, 0.1) is 0 Å². The molecule has 0 amide bonds. The van der Waals surface area contributed by atoms with Gasteiger partial charge >= 0.3 is 12.1 Å². The lowest BCUT2D eigenvalue weighted by Gasteiger charge is -2.20. The second-order valence-electron chi connectivity index (χ2n) is 4.64. The van der Waals surface area contributed by atoms with Crippen LogP contribution >= 0.6 is 0 Å². The van der Waals surface area contributed by atoms with E-state index in [4.69, 9.17) is 14.6 Å². The summed E-state index contributed by atoms with van der Waals surface area (Å²) in [4.78, 5) is 26.2. The molecule has 0 radical (unpaired) electrons. The Morgan fingerprint density at radius 2 is 1.95 bits per heavy atom. The van der Waals surface area contributed by atoms with E-state index in [1.807, 2.05) is 0 Å². The van der Waals surface area contributed by atoms with Crippen LogP contribution in [0.25, 0.3) is 0 Å². The third-order valence-corrected chi connectivity index (χ3v) is 1.40. The molecule has 1 unspecified atom stereocenters. The topological polar surface area (TPSA) is 110 Å². The second-order valence-corrected chi connectivity index (χ2v) is 4.64. The number of hydrogen-bond donors (Lipinski definition) is 1. The fraction of sp³-hybridized carbons (Fsp3) is 0.800. The average molecular weight is 277 g/mol. The van der Waals surface area contributed by atoms with Crippen molar-refractivity contribution in [3.8, 4) is 0 Å². The van der Waals surface area contributed by atoms with E-state index in [-0.39, 0.29) is 6.54 Å². The number of carbonyl (C=O) groups excluding carboxylic acids is 1. The number of carboxylic acid groups (broad SMARTS) is 1. The van der Waals surface area contributed by atoms with Gasteiger partial charge in [0.2, 0.25) is 0 Å². The largest absolute Gasteiger partial charge is 0.511 e. The number of carbonyl (C=O) groups is 2. The molecule has 19 heavy (non-hydrogen) atoms. The summed E-state index contributed by atoms with van der Waals surface area (Å²) in [6.07, 6.45) is -1.90. The van der Waals surface area contributed by atoms with Crippen LogP contribution in [0.2, 0.25) is 0 Å². The summed E-state index contributed by atoms with van der Waals surface area (Å²) in [7, 11) is 1.40. The Balaban J connectivity index is 3.98. The fourth-order valence-corrected chi connectivity index (χ4v) is 0.808. The van der Waals surface area contributed by atoms with Crippen LogP contribution < -0.4 is 0 Å². The first-order valence-electron chi connectivity index (χ1n) is 5.49. The maximum atomic E-state index is 11.2. The van der Waals surface area contributed by atoms with Gasteiger partial charge in [-0.2, -0.15) is 0 Å². The molecule has 0 bridgehead atoms. The number of likely N-dealkylation sites (N-methyl/N-ethyl adjacent to an activating group) is 1. The van der Waals surface area contributed by atoms with Crippen LogP contribution in [0.1, 0.15) is 27.7 Å². The Labute approximate surface area is 111 Å². The van der Waals surface area contributed by atoms with Gasteiger partial charge in [-0.15, -0.1) is 0 Å². The van der Waals surface area contributed by atoms with Gasteiger partial charge in [0.1, 0.15) is 12.1 Å². The highest BCUT2D eigenvalue weighted by molar-refractivity contribution is 5.68. The summed E-state index contributed by atoms with van der Waals surface area (Å²) in [5.74, 6) is -1.06. The normalized spacial score (nSPS) is 12.9. The van der Waals surface area contributed by atoms with Gasteiger partial charge < -0.3 is 19.4 Å². The highest BCUT2D eigenvalue weighted by atomic mass is 16.8. The number of aliphatic carboxylic acids is 1. The Kier molecular flexibility index (Phi) is 6.59. The predicted octanol–water partition coefficient (Wildman–Crippen LogP) is 1.60. The molecule has 0 aromatic heterocycles. The minimum Gasteiger partial charge on any atom is -0.480 e. The summed E-state index contributed by atoms with van der Waals surface area (Å²) >= 11 is 0. The van der Waals surface area contributed by atoms with Crippen molar-refractivity contribution < 1.29 is 29.0 Å². The van der Waals surface area contributed by atoms with Gasteiger partial charge in [-0.1, -0.05) is 0 Å². The highest BCUT2D eigenvalue weighted by Gasteiger charge is 2.20. The highest BCUT2D eigenvalue weighted by Crippen LogP contribution is 2.09. The van der Waals surface area contributed by atoms with Crippen molar-refractivity contribution >= 4 is 12.1 Å². The van der Waals surface area contributed by atoms with Crippen LogP contribution in [0.4, 0.5) is 4.79 Å². The van der Waals surface area contributed by atoms with E-state index in [9.17, 15) is 9.59 Å². The van der Waals surface area contributed by atoms with E-state index in [2.05, 4.69) is 15.3 Å². The summed E-state index contributed by atoms with van der Waals surface area (Å²) in [5.41, 5.74) is -0.667. The molecule has 0 spiro atoms. The number of ether oxygens (including phenoxy) is 2. The van der Waals surface area contributed by atoms with Gasteiger partial charge in [0.25, 0.3) is 6.29 Å². The van der Waals surface area contributed by atoms with E-state index >= 15 is 0 Å². The first-order chi connectivity index (χ1) is 8.60. The summed E-state index contributed by atoms with van der Waals surface area (Å²) in [5, 5.41) is 16.1. The van der Waals surface area contributed by atoms with Crippen LogP contribution in [0.15, 0.2) is 10.5 Å². The minimum absolute atomic E-state index is 0.325. The first-order valence-corrected chi connectivity index (χ1v) is 5.49. The number of carboxylic acids is 1. The second kappa shape index (κ2) is 7.39. The fourth-order valence-electron chi connectivity index (χ4n) is 0.808. The molecule has 0 saturated heterocycles. The van der Waals surface area contributed by atoms with E-state index in [1.165, 1.54) is 14.0 Å². The molecule has 0 heterocycles. The Morgan fingerprint density at radius 3 is 2.42 bits per heavy atom. The zero-order valence-corrected chi connectivity index (χ0v) is 11.6. The Morgan fingerprint density at radius 1 is 1.37 bits per heavy atom. The lowest BCUT2D eigenvalue weighted by molar-refractivity contribution is -0.139. The van der Waals surface area contributed by atoms with Crippen molar-refractivity contribution in [2.45, 2.75) is 39.6 Å². The third kappa shape index (κ3) is 10.8. The monoisotopic (exact) mass is 277 g/mol. The van der Waals surface area contributed by atoms with Crippen LogP contribution in [-0.4, -0.2) is 47.7 Å². The molecule has 0 aliphatic heterocycles. The van der Waals surface area contributed by atoms with Gasteiger partial charge in [-0.05, 0) is 26.0 Å². The average Bonchev–Trinajstić information content (AvgIpc) is 2.12. The molecule has 9 nitrogen and oxygen atoms in total. The van der Waals surface area contributed by atoms with E-state index in [0.29, 0.717) is 0 Å². The van der Waals surface area contributed by atoms with Crippen molar-refractivity contribution in [1.29, 1.82) is 0 Å². The third-order valence-electron chi connectivity index (χ3n) is 1.40. The minimum atomic E-state index is -1.06. The van der Waals surface area contributed by atoms with Gasteiger partial charge in [-0.25, -0.2) is 4.79 Å². The van der Waals surface area contributed by atoms with Gasteiger partial charge in [0.15, 0.2) is 0 Å². The zero-order chi connectivity index (χ0) is 15.1. The number of rotatable bonds is 6. The molecule has 0 saturated carbocycles. The van der Waals surface area contributed by atoms with Crippen molar-refractivity contribution in [3.05, 3.63) is 0 Å². The van der Waals surface area contributed by atoms with Crippen LogP contribution in [0, 0.1) is 0 Å². The van der Waals surface area contributed by atoms with Crippen LogP contribution in [0.5, 0.6) is 0 Å². The van der Waals surface area contributed by atoms with Crippen LogP contribution in [-0.2, 0) is 19.1 Å². The summed E-state index contributed by atoms with van der Waals surface area (Å²) in [6, 6.07) is 0. The number of nitrogens with zero attached hydrogens (tertiary/aromatic N) is 3. The smallest absolute Gasteiger partial charge is 0.480 e. The molecule has 0 aromatic rings. The molecule has 1 atom stereocenters. The molecule has 9 heteroatoms. The molecule has 0 rings (SSSR count). The molecule has 0 fully saturated rings. The van der Waals surface area contributed by atoms with Crippen molar-refractivity contribution in [1.82, 2.24) is 5.01 Å². The number of hydrogen-bond acceptors (Lipinski definition) is 7. The molecule has 0 aliphatic rings. The molecular formula is C10H19N3O6. The Hall–Kier alpha value is -2.06. The molecule has 1 N–H and O–H groups in total. The zero-order valence-electron chi connectivity index (χ0n) is 11.6. The standard InChI is InChI=1S/C10H19N3O6/c1-7(17-9(16)18-10(2,3)4)19-12-11-13(5)6-8(14)15/h7H,6H2,1-5H3,(H,14,15)/b12-11+. The van der Waals surface area contributed by atoms with E-state index < -0.39 is 24.0 Å². The summed E-state index contributed by atoms with van der Waals surface area (Å²) in [6.45, 7) is 6.18. The van der Waals surface area contributed by atoms with E-state index in [0.717, 1.165) is 5.01 Å². The molecular weight excluding hydrogens is 258 g/mol. The Bertz CT molecular complexity index is 339. The van der Waals surface area contributed by atoms with Crippen molar-refractivity contribution in [3.63, 3.8) is 0 Å². The molecule has 110 valence electrons. The SMILES string of the molecule is CC(O/N=N/N(C)CC(=O)O)OC(=O)OC(C)(C)C. The van der Waals surface area contributed by atoms with Gasteiger partial charge in [0, 0.05) is 19.2 Å².